The second-order valence-electron chi connectivity index (χ2n) is 5.75. The van der Waals surface area contributed by atoms with E-state index in [0.717, 1.165) is 32.0 Å². The molecular formula is C19H23N3O4. The first-order valence-corrected chi connectivity index (χ1v) is 8.62. The van der Waals surface area contributed by atoms with Gasteiger partial charge in [0, 0.05) is 18.7 Å². The molecule has 1 aromatic heterocycles. The van der Waals surface area contributed by atoms with Gasteiger partial charge in [-0.15, -0.1) is 0 Å². The summed E-state index contributed by atoms with van der Waals surface area (Å²) in [6.45, 7) is 5.56. The molecule has 1 N–H and O–H groups in total. The average Bonchev–Trinajstić information content (AvgIpc) is 2.69. The van der Waals surface area contributed by atoms with E-state index in [9.17, 15) is 4.79 Å². The summed E-state index contributed by atoms with van der Waals surface area (Å²) < 4.78 is 16.1. The highest BCUT2D eigenvalue weighted by molar-refractivity contribution is 6.04. The number of hydrogen-bond acceptors (Lipinski definition) is 6. The minimum absolute atomic E-state index is 0.252. The van der Waals surface area contributed by atoms with Crippen LogP contribution in [0.15, 0.2) is 36.5 Å². The number of amides is 1. The van der Waals surface area contributed by atoms with Crippen LogP contribution >= 0.6 is 0 Å². The van der Waals surface area contributed by atoms with Crippen molar-refractivity contribution >= 4 is 17.4 Å². The number of carbonyl (C=O) groups excluding carboxylic acids is 1. The lowest BCUT2D eigenvalue weighted by atomic mass is 10.2. The Bertz CT molecular complexity index is 743. The summed E-state index contributed by atoms with van der Waals surface area (Å²) in [6.07, 6.45) is 1.76. The molecule has 7 nitrogen and oxygen atoms in total. The maximum Gasteiger partial charge on any atom is 0.256 e. The zero-order chi connectivity index (χ0) is 18.4. The average molecular weight is 357 g/mol. The third-order valence-corrected chi connectivity index (χ3v) is 4.09. The van der Waals surface area contributed by atoms with E-state index in [-0.39, 0.29) is 5.91 Å². The summed E-state index contributed by atoms with van der Waals surface area (Å²) >= 11 is 0. The molecule has 1 aliphatic rings. The number of morpholine rings is 1. The van der Waals surface area contributed by atoms with Crippen molar-refractivity contribution in [2.24, 2.45) is 0 Å². The van der Waals surface area contributed by atoms with Gasteiger partial charge < -0.3 is 24.4 Å². The van der Waals surface area contributed by atoms with Gasteiger partial charge in [-0.25, -0.2) is 4.98 Å². The summed E-state index contributed by atoms with van der Waals surface area (Å²) in [7, 11) is 1.55. The lowest BCUT2D eigenvalue weighted by Gasteiger charge is -2.28. The number of pyridine rings is 1. The van der Waals surface area contributed by atoms with E-state index in [1.165, 1.54) is 0 Å². The van der Waals surface area contributed by atoms with Crippen LogP contribution in [-0.4, -0.2) is 50.9 Å². The van der Waals surface area contributed by atoms with Gasteiger partial charge in [0.1, 0.15) is 5.82 Å². The molecule has 2 heterocycles. The fourth-order valence-corrected chi connectivity index (χ4v) is 2.74. The van der Waals surface area contributed by atoms with Gasteiger partial charge in [-0.3, -0.25) is 4.79 Å². The highest BCUT2D eigenvalue weighted by Crippen LogP contribution is 2.28. The molecule has 1 amide bonds. The molecule has 1 aromatic carbocycles. The number of ether oxygens (including phenoxy) is 3. The van der Waals surface area contributed by atoms with Gasteiger partial charge in [0.05, 0.1) is 38.8 Å². The molecule has 0 unspecified atom stereocenters. The lowest BCUT2D eigenvalue weighted by Crippen LogP contribution is -2.36. The van der Waals surface area contributed by atoms with Gasteiger partial charge in [-0.05, 0) is 37.3 Å². The van der Waals surface area contributed by atoms with Gasteiger partial charge in [0.2, 0.25) is 0 Å². The van der Waals surface area contributed by atoms with E-state index in [1.807, 2.05) is 13.0 Å². The van der Waals surface area contributed by atoms with Crippen molar-refractivity contribution in [1.29, 1.82) is 0 Å². The number of hydrogen-bond donors (Lipinski definition) is 1. The molecule has 3 rings (SSSR count). The molecule has 2 aromatic rings. The van der Waals surface area contributed by atoms with Gasteiger partial charge in [0.15, 0.2) is 11.5 Å². The third kappa shape index (κ3) is 4.23. The largest absolute Gasteiger partial charge is 0.493 e. The quantitative estimate of drug-likeness (QED) is 0.857. The van der Waals surface area contributed by atoms with Gasteiger partial charge in [-0.1, -0.05) is 0 Å². The number of aromatic nitrogens is 1. The van der Waals surface area contributed by atoms with Crippen LogP contribution < -0.4 is 19.7 Å². The van der Waals surface area contributed by atoms with Crippen molar-refractivity contribution in [3.8, 4) is 11.5 Å². The van der Waals surface area contributed by atoms with Crippen LogP contribution in [0.3, 0.4) is 0 Å². The molecule has 0 radical (unpaired) electrons. The fourth-order valence-electron chi connectivity index (χ4n) is 2.74. The first kappa shape index (κ1) is 18.0. The Morgan fingerprint density at radius 2 is 2.04 bits per heavy atom. The van der Waals surface area contributed by atoms with Crippen molar-refractivity contribution in [1.82, 2.24) is 4.98 Å². The number of anilines is 2. The predicted molar refractivity (Wildman–Crippen MR) is 99.4 cm³/mol. The van der Waals surface area contributed by atoms with E-state index >= 15 is 0 Å². The number of benzene rings is 1. The molecule has 0 spiro atoms. The van der Waals surface area contributed by atoms with Crippen molar-refractivity contribution in [3.63, 3.8) is 0 Å². The van der Waals surface area contributed by atoms with Gasteiger partial charge in [0.25, 0.3) is 5.91 Å². The number of nitrogens with zero attached hydrogens (tertiary/aromatic N) is 2. The zero-order valence-electron chi connectivity index (χ0n) is 15.0. The van der Waals surface area contributed by atoms with Gasteiger partial charge in [-0.2, -0.15) is 0 Å². The van der Waals surface area contributed by atoms with E-state index in [4.69, 9.17) is 14.2 Å². The first-order valence-electron chi connectivity index (χ1n) is 8.62. The minimum Gasteiger partial charge on any atom is -0.493 e. The Morgan fingerprint density at radius 1 is 1.23 bits per heavy atom. The second-order valence-corrected chi connectivity index (χ2v) is 5.75. The molecule has 7 heteroatoms. The maximum atomic E-state index is 12.5. The number of methoxy groups -OCH3 is 1. The normalized spacial score (nSPS) is 14.0. The van der Waals surface area contributed by atoms with Crippen LogP contribution in [0.5, 0.6) is 11.5 Å². The van der Waals surface area contributed by atoms with Crippen molar-refractivity contribution < 1.29 is 19.0 Å². The molecule has 138 valence electrons. The van der Waals surface area contributed by atoms with Crippen LogP contribution in [0.2, 0.25) is 0 Å². The van der Waals surface area contributed by atoms with E-state index < -0.39 is 0 Å². The van der Waals surface area contributed by atoms with Crippen LogP contribution in [0, 0.1) is 0 Å². The smallest absolute Gasteiger partial charge is 0.256 e. The molecule has 0 bridgehead atoms. The highest BCUT2D eigenvalue weighted by Gasteiger charge is 2.14. The van der Waals surface area contributed by atoms with E-state index in [0.29, 0.717) is 29.5 Å². The van der Waals surface area contributed by atoms with Crippen molar-refractivity contribution in [2.75, 3.05) is 50.2 Å². The van der Waals surface area contributed by atoms with Crippen molar-refractivity contribution in [3.05, 3.63) is 42.1 Å². The third-order valence-electron chi connectivity index (χ3n) is 4.09. The van der Waals surface area contributed by atoms with Crippen LogP contribution in [0.25, 0.3) is 0 Å². The fraction of sp³-hybridized carbons (Fsp3) is 0.368. The Labute approximate surface area is 152 Å². The molecule has 1 saturated heterocycles. The Morgan fingerprint density at radius 3 is 2.69 bits per heavy atom. The summed E-state index contributed by atoms with van der Waals surface area (Å²) in [5, 5.41) is 2.80. The van der Waals surface area contributed by atoms with E-state index in [1.54, 1.807) is 37.6 Å². The standard InChI is InChI=1S/C19H23N3O4/c1-3-26-16-6-4-14(12-17(16)24-2)19(23)21-18-7-5-15(13-20-18)22-8-10-25-11-9-22/h4-7,12-13H,3,8-11H2,1-2H3,(H,20,21,23). The molecular weight excluding hydrogens is 334 g/mol. The minimum atomic E-state index is -0.252. The second kappa shape index (κ2) is 8.53. The summed E-state index contributed by atoms with van der Waals surface area (Å²) in [5.41, 5.74) is 1.50. The maximum absolute atomic E-state index is 12.5. The SMILES string of the molecule is CCOc1ccc(C(=O)Nc2ccc(N3CCOCC3)cn2)cc1OC. The monoisotopic (exact) mass is 357 g/mol. The predicted octanol–water partition coefficient (Wildman–Crippen LogP) is 2.58. The lowest BCUT2D eigenvalue weighted by molar-refractivity contribution is 0.102. The first-order chi connectivity index (χ1) is 12.7. The van der Waals surface area contributed by atoms with Gasteiger partial charge >= 0.3 is 0 Å². The zero-order valence-corrected chi connectivity index (χ0v) is 15.0. The number of rotatable bonds is 6. The van der Waals surface area contributed by atoms with Crippen LogP contribution in [-0.2, 0) is 4.74 Å². The molecule has 1 fully saturated rings. The summed E-state index contributed by atoms with van der Waals surface area (Å²) in [4.78, 5) is 19.0. The molecule has 0 saturated carbocycles. The molecule has 0 atom stereocenters. The summed E-state index contributed by atoms with van der Waals surface area (Å²) in [6, 6.07) is 8.83. The topological polar surface area (TPSA) is 72.9 Å². The highest BCUT2D eigenvalue weighted by atomic mass is 16.5. The Balaban J connectivity index is 1.67. The molecule has 0 aliphatic carbocycles. The molecule has 1 aliphatic heterocycles. The van der Waals surface area contributed by atoms with Crippen LogP contribution in [0.4, 0.5) is 11.5 Å². The Kier molecular flexibility index (Phi) is 5.91. The number of carbonyl (C=O) groups is 1. The molecule has 26 heavy (non-hydrogen) atoms. The van der Waals surface area contributed by atoms with Crippen LogP contribution in [0.1, 0.15) is 17.3 Å². The van der Waals surface area contributed by atoms with Crippen molar-refractivity contribution in [2.45, 2.75) is 6.92 Å². The number of nitrogens with one attached hydrogen (secondary N) is 1. The van der Waals surface area contributed by atoms with E-state index in [2.05, 4.69) is 15.2 Å². The summed E-state index contributed by atoms with van der Waals surface area (Å²) in [5.74, 6) is 1.38. The Hall–Kier alpha value is -2.80.